The quantitative estimate of drug-likeness (QED) is 0.910. The summed E-state index contributed by atoms with van der Waals surface area (Å²) in [5.41, 5.74) is 6.70. The molecule has 1 aliphatic rings. The molecule has 0 aromatic heterocycles. The van der Waals surface area contributed by atoms with Crippen molar-refractivity contribution in [2.75, 3.05) is 13.2 Å². The van der Waals surface area contributed by atoms with Crippen LogP contribution >= 0.6 is 15.9 Å². The van der Waals surface area contributed by atoms with Gasteiger partial charge in [-0.05, 0) is 17.7 Å². The van der Waals surface area contributed by atoms with Crippen molar-refractivity contribution in [2.24, 2.45) is 5.73 Å². The maximum Gasteiger partial charge on any atom is 0.162 e. The standard InChI is InChI=1S/C11H14BrNO2/c12-9-3-1-2-8(4-9)5-11-14-7-10(6-13)15-11/h1-4,10-11H,5-7,13H2. The number of benzene rings is 1. The molecule has 0 bridgehead atoms. The summed E-state index contributed by atoms with van der Waals surface area (Å²) < 4.78 is 12.2. The monoisotopic (exact) mass is 271 g/mol. The SMILES string of the molecule is NCC1COC(Cc2cccc(Br)c2)O1. The van der Waals surface area contributed by atoms with Crippen molar-refractivity contribution in [3.63, 3.8) is 0 Å². The Bertz CT molecular complexity index is 332. The van der Waals surface area contributed by atoms with Crippen molar-refractivity contribution in [1.82, 2.24) is 0 Å². The van der Waals surface area contributed by atoms with Crippen LogP contribution in [0, 0.1) is 0 Å². The second-order valence-corrected chi connectivity index (χ2v) is 4.51. The van der Waals surface area contributed by atoms with Gasteiger partial charge in [0.1, 0.15) is 0 Å². The smallest absolute Gasteiger partial charge is 0.162 e. The lowest BCUT2D eigenvalue weighted by Gasteiger charge is -2.10. The number of rotatable bonds is 3. The topological polar surface area (TPSA) is 44.5 Å². The molecule has 15 heavy (non-hydrogen) atoms. The molecule has 0 spiro atoms. The first kappa shape index (κ1) is 11.1. The molecule has 1 aromatic carbocycles. The van der Waals surface area contributed by atoms with Crippen molar-refractivity contribution in [3.05, 3.63) is 34.3 Å². The molecule has 0 radical (unpaired) electrons. The molecular formula is C11H14BrNO2. The lowest BCUT2D eigenvalue weighted by molar-refractivity contribution is -0.0541. The molecule has 3 nitrogen and oxygen atoms in total. The van der Waals surface area contributed by atoms with E-state index in [9.17, 15) is 0 Å². The number of hydrogen-bond donors (Lipinski definition) is 1. The molecule has 1 fully saturated rings. The van der Waals surface area contributed by atoms with Crippen LogP contribution in [0.25, 0.3) is 0 Å². The normalized spacial score (nSPS) is 25.7. The molecular weight excluding hydrogens is 258 g/mol. The molecule has 1 heterocycles. The summed E-state index contributed by atoms with van der Waals surface area (Å²) in [6, 6.07) is 8.15. The second kappa shape index (κ2) is 5.07. The van der Waals surface area contributed by atoms with E-state index in [2.05, 4.69) is 28.1 Å². The molecule has 2 N–H and O–H groups in total. The summed E-state index contributed by atoms with van der Waals surface area (Å²) >= 11 is 3.44. The minimum Gasteiger partial charge on any atom is -0.350 e. The van der Waals surface area contributed by atoms with Crippen molar-refractivity contribution >= 4 is 15.9 Å². The third-order valence-corrected chi connectivity index (χ3v) is 2.86. The van der Waals surface area contributed by atoms with Crippen LogP contribution in [0.3, 0.4) is 0 Å². The average molecular weight is 272 g/mol. The Morgan fingerprint density at radius 1 is 1.47 bits per heavy atom. The summed E-state index contributed by atoms with van der Waals surface area (Å²) in [5, 5.41) is 0. The van der Waals surface area contributed by atoms with Gasteiger partial charge in [-0.2, -0.15) is 0 Å². The molecule has 0 saturated carbocycles. The highest BCUT2D eigenvalue weighted by Gasteiger charge is 2.24. The second-order valence-electron chi connectivity index (χ2n) is 3.59. The van der Waals surface area contributed by atoms with Crippen molar-refractivity contribution in [1.29, 1.82) is 0 Å². The molecule has 2 atom stereocenters. The van der Waals surface area contributed by atoms with Crippen LogP contribution < -0.4 is 5.73 Å². The van der Waals surface area contributed by atoms with Crippen LogP contribution in [0.5, 0.6) is 0 Å². The van der Waals surface area contributed by atoms with Gasteiger partial charge in [0.2, 0.25) is 0 Å². The number of halogens is 1. The maximum atomic E-state index is 5.59. The predicted octanol–water partition coefficient (Wildman–Crippen LogP) is 1.69. The van der Waals surface area contributed by atoms with Crippen molar-refractivity contribution in [3.8, 4) is 0 Å². The van der Waals surface area contributed by atoms with E-state index >= 15 is 0 Å². The van der Waals surface area contributed by atoms with Crippen molar-refractivity contribution < 1.29 is 9.47 Å². The van der Waals surface area contributed by atoms with E-state index in [-0.39, 0.29) is 12.4 Å². The molecule has 2 unspecified atom stereocenters. The van der Waals surface area contributed by atoms with Gasteiger partial charge in [-0.3, -0.25) is 0 Å². The number of hydrogen-bond acceptors (Lipinski definition) is 3. The Balaban J connectivity index is 1.92. The fraction of sp³-hybridized carbons (Fsp3) is 0.455. The van der Waals surface area contributed by atoms with Crippen LogP contribution in [-0.2, 0) is 15.9 Å². The zero-order chi connectivity index (χ0) is 10.7. The first-order valence-electron chi connectivity index (χ1n) is 4.99. The molecule has 1 aromatic rings. The van der Waals surface area contributed by atoms with Crippen molar-refractivity contribution in [2.45, 2.75) is 18.8 Å². The zero-order valence-electron chi connectivity index (χ0n) is 8.36. The van der Waals surface area contributed by atoms with Crippen LogP contribution in [0.1, 0.15) is 5.56 Å². The first-order chi connectivity index (χ1) is 7.28. The van der Waals surface area contributed by atoms with E-state index in [1.807, 2.05) is 12.1 Å². The van der Waals surface area contributed by atoms with Gasteiger partial charge >= 0.3 is 0 Å². The van der Waals surface area contributed by atoms with Gasteiger partial charge in [0.05, 0.1) is 12.7 Å². The Labute approximate surface area is 97.7 Å². The molecule has 1 saturated heterocycles. The molecule has 0 aliphatic carbocycles. The number of ether oxygens (including phenoxy) is 2. The van der Waals surface area contributed by atoms with E-state index in [0.29, 0.717) is 13.2 Å². The molecule has 1 aliphatic heterocycles. The Kier molecular flexibility index (Phi) is 3.75. The van der Waals surface area contributed by atoms with Gasteiger partial charge in [-0.25, -0.2) is 0 Å². The summed E-state index contributed by atoms with van der Waals surface area (Å²) in [6.45, 7) is 1.13. The Morgan fingerprint density at radius 3 is 3.00 bits per heavy atom. The van der Waals surface area contributed by atoms with Crippen LogP contribution in [0.4, 0.5) is 0 Å². The highest BCUT2D eigenvalue weighted by molar-refractivity contribution is 9.10. The summed E-state index contributed by atoms with van der Waals surface area (Å²) in [5.74, 6) is 0. The van der Waals surface area contributed by atoms with E-state index < -0.39 is 0 Å². The van der Waals surface area contributed by atoms with Gasteiger partial charge in [-0.15, -0.1) is 0 Å². The summed E-state index contributed by atoms with van der Waals surface area (Å²) in [4.78, 5) is 0. The van der Waals surface area contributed by atoms with Gasteiger partial charge < -0.3 is 15.2 Å². The molecule has 4 heteroatoms. The largest absolute Gasteiger partial charge is 0.350 e. The molecule has 82 valence electrons. The minimum absolute atomic E-state index is 0.0575. The fourth-order valence-corrected chi connectivity index (χ4v) is 2.04. The molecule has 0 amide bonds. The third-order valence-electron chi connectivity index (χ3n) is 2.37. The zero-order valence-corrected chi connectivity index (χ0v) is 9.94. The average Bonchev–Trinajstić information content (AvgIpc) is 2.65. The number of nitrogens with two attached hydrogens (primary N) is 1. The van der Waals surface area contributed by atoms with E-state index in [1.54, 1.807) is 0 Å². The van der Waals surface area contributed by atoms with E-state index in [1.165, 1.54) is 5.56 Å². The van der Waals surface area contributed by atoms with Gasteiger partial charge in [0, 0.05) is 17.4 Å². The van der Waals surface area contributed by atoms with Gasteiger partial charge in [-0.1, -0.05) is 28.1 Å². The minimum atomic E-state index is -0.146. The fourth-order valence-electron chi connectivity index (χ4n) is 1.59. The highest BCUT2D eigenvalue weighted by atomic mass is 79.9. The first-order valence-corrected chi connectivity index (χ1v) is 5.79. The molecule has 2 rings (SSSR count). The van der Waals surface area contributed by atoms with Crippen LogP contribution in [-0.4, -0.2) is 25.5 Å². The van der Waals surface area contributed by atoms with Crippen LogP contribution in [0.2, 0.25) is 0 Å². The van der Waals surface area contributed by atoms with E-state index in [4.69, 9.17) is 15.2 Å². The Hall–Kier alpha value is -0.420. The lowest BCUT2D eigenvalue weighted by atomic mass is 10.1. The van der Waals surface area contributed by atoms with E-state index in [0.717, 1.165) is 10.9 Å². The van der Waals surface area contributed by atoms with Gasteiger partial charge in [0.25, 0.3) is 0 Å². The third kappa shape index (κ3) is 3.01. The highest BCUT2D eigenvalue weighted by Crippen LogP contribution is 2.18. The predicted molar refractivity (Wildman–Crippen MR) is 61.5 cm³/mol. The Morgan fingerprint density at radius 2 is 2.33 bits per heavy atom. The van der Waals surface area contributed by atoms with Gasteiger partial charge in [0.15, 0.2) is 6.29 Å². The summed E-state index contributed by atoms with van der Waals surface area (Å²) in [7, 11) is 0. The maximum absolute atomic E-state index is 5.59. The summed E-state index contributed by atoms with van der Waals surface area (Å²) in [6.07, 6.45) is 0.686. The van der Waals surface area contributed by atoms with Crippen LogP contribution in [0.15, 0.2) is 28.7 Å². The lowest BCUT2D eigenvalue weighted by Crippen LogP contribution is -2.23.